The third-order valence-corrected chi connectivity index (χ3v) is 5.64. The van der Waals surface area contributed by atoms with Crippen LogP contribution in [0.5, 0.6) is 0 Å². The molecule has 1 amide bonds. The Morgan fingerprint density at radius 2 is 1.93 bits per heavy atom. The average molecular weight is 448 g/mol. The molecule has 9 heteroatoms. The Morgan fingerprint density at radius 1 is 1.30 bits per heavy atom. The summed E-state index contributed by atoms with van der Waals surface area (Å²) in [6.45, 7) is 1.34. The molecule has 1 aromatic rings. The van der Waals surface area contributed by atoms with Crippen LogP contribution < -0.4 is 5.32 Å². The lowest BCUT2D eigenvalue weighted by molar-refractivity contribution is -0.137. The SMILES string of the molecule is CNC(=O)C(c1ccc(C(F)(F)F)cc1)N1CCC([C@@H]2CC(Br)=NO2)CC1. The van der Waals surface area contributed by atoms with Crippen LogP contribution in [0.3, 0.4) is 0 Å². The summed E-state index contributed by atoms with van der Waals surface area (Å²) in [5.41, 5.74) is -0.159. The highest BCUT2D eigenvalue weighted by molar-refractivity contribution is 9.18. The van der Waals surface area contributed by atoms with Crippen LogP contribution in [0.2, 0.25) is 0 Å². The van der Waals surface area contributed by atoms with Crippen molar-refractivity contribution in [3.05, 3.63) is 35.4 Å². The maximum Gasteiger partial charge on any atom is 0.416 e. The molecular weight excluding hydrogens is 427 g/mol. The van der Waals surface area contributed by atoms with Crippen molar-refractivity contribution >= 4 is 26.5 Å². The van der Waals surface area contributed by atoms with Crippen molar-refractivity contribution in [3.63, 3.8) is 0 Å². The molecule has 0 radical (unpaired) electrons. The van der Waals surface area contributed by atoms with Gasteiger partial charge in [0.15, 0.2) is 0 Å². The van der Waals surface area contributed by atoms with E-state index < -0.39 is 17.8 Å². The molecule has 1 unspecified atom stereocenters. The standard InChI is InChI=1S/C18H21BrF3N3O2/c1-23-17(26)16(12-2-4-13(5-3-12)18(20,21)22)25-8-6-11(7-9-25)14-10-15(19)24-27-14/h2-5,11,14,16H,6-10H2,1H3,(H,23,26)/t14-,16?/m0/s1. The smallest absolute Gasteiger partial charge is 0.391 e. The van der Waals surface area contributed by atoms with Crippen LogP contribution >= 0.6 is 15.9 Å². The van der Waals surface area contributed by atoms with Crippen molar-refractivity contribution < 1.29 is 22.8 Å². The fraction of sp³-hybridized carbons (Fsp3) is 0.556. The average Bonchev–Trinajstić information content (AvgIpc) is 3.08. The second kappa shape index (κ2) is 8.18. The number of carbonyl (C=O) groups is 1. The van der Waals surface area contributed by atoms with Gasteiger partial charge in [-0.05, 0) is 59.6 Å². The van der Waals surface area contributed by atoms with Crippen LogP contribution in [0, 0.1) is 5.92 Å². The van der Waals surface area contributed by atoms with Crippen LogP contribution in [0.25, 0.3) is 0 Å². The number of rotatable bonds is 4. The number of halogens is 4. The molecule has 27 heavy (non-hydrogen) atoms. The molecule has 1 saturated heterocycles. The minimum absolute atomic E-state index is 0.0473. The summed E-state index contributed by atoms with van der Waals surface area (Å²) < 4.78 is 39.2. The molecule has 0 saturated carbocycles. The zero-order valence-electron chi connectivity index (χ0n) is 14.8. The number of carbonyl (C=O) groups excluding carboxylic acids is 1. The van der Waals surface area contributed by atoms with E-state index >= 15 is 0 Å². The lowest BCUT2D eigenvalue weighted by Gasteiger charge is -2.38. The predicted molar refractivity (Wildman–Crippen MR) is 98.4 cm³/mol. The summed E-state index contributed by atoms with van der Waals surface area (Å²) >= 11 is 3.34. The van der Waals surface area contributed by atoms with Crippen molar-refractivity contribution in [2.75, 3.05) is 20.1 Å². The van der Waals surface area contributed by atoms with Gasteiger partial charge in [0.25, 0.3) is 0 Å². The van der Waals surface area contributed by atoms with E-state index in [-0.39, 0.29) is 12.0 Å². The maximum atomic E-state index is 12.8. The van der Waals surface area contributed by atoms with Crippen molar-refractivity contribution in [1.82, 2.24) is 10.2 Å². The van der Waals surface area contributed by atoms with Gasteiger partial charge in [0.1, 0.15) is 16.8 Å². The van der Waals surface area contributed by atoms with Gasteiger partial charge < -0.3 is 10.2 Å². The lowest BCUT2D eigenvalue weighted by atomic mass is 9.88. The summed E-state index contributed by atoms with van der Waals surface area (Å²) in [7, 11) is 1.54. The van der Waals surface area contributed by atoms with Gasteiger partial charge >= 0.3 is 6.18 Å². The number of benzene rings is 1. The highest BCUT2D eigenvalue weighted by Gasteiger charge is 2.36. The minimum atomic E-state index is -4.39. The minimum Gasteiger partial charge on any atom is -0.391 e. The maximum absolute atomic E-state index is 12.8. The first-order valence-electron chi connectivity index (χ1n) is 8.80. The molecule has 0 bridgehead atoms. The van der Waals surface area contributed by atoms with Crippen LogP contribution in [-0.2, 0) is 15.8 Å². The normalized spacial score (nSPS) is 22.9. The molecule has 0 aliphatic carbocycles. The van der Waals surface area contributed by atoms with E-state index in [9.17, 15) is 18.0 Å². The number of likely N-dealkylation sites (N-methyl/N-ethyl adjacent to an activating group) is 1. The van der Waals surface area contributed by atoms with Crippen molar-refractivity contribution in [2.24, 2.45) is 11.1 Å². The van der Waals surface area contributed by atoms with E-state index in [1.54, 1.807) is 0 Å². The Hall–Kier alpha value is -1.61. The summed E-state index contributed by atoms with van der Waals surface area (Å²) in [6.07, 6.45) is -1.91. The first kappa shape index (κ1) is 20.1. The molecule has 1 fully saturated rings. The molecule has 148 valence electrons. The fourth-order valence-electron chi connectivity index (χ4n) is 3.69. The summed E-state index contributed by atoms with van der Waals surface area (Å²) in [5.74, 6) is 0.120. The van der Waals surface area contributed by atoms with E-state index in [4.69, 9.17) is 4.84 Å². The largest absolute Gasteiger partial charge is 0.416 e. The Kier molecular flexibility index (Phi) is 6.10. The predicted octanol–water partition coefficient (Wildman–Crippen LogP) is 3.70. The topological polar surface area (TPSA) is 53.9 Å². The number of nitrogens with one attached hydrogen (secondary N) is 1. The van der Waals surface area contributed by atoms with E-state index in [1.165, 1.54) is 19.2 Å². The van der Waals surface area contributed by atoms with Gasteiger partial charge in [-0.25, -0.2) is 0 Å². The lowest BCUT2D eigenvalue weighted by Crippen LogP contribution is -2.45. The molecule has 0 spiro atoms. The molecule has 2 aliphatic heterocycles. The van der Waals surface area contributed by atoms with Crippen LogP contribution in [0.15, 0.2) is 29.4 Å². The molecule has 1 N–H and O–H groups in total. The van der Waals surface area contributed by atoms with Crippen molar-refractivity contribution in [1.29, 1.82) is 0 Å². The number of amides is 1. The Morgan fingerprint density at radius 3 is 2.41 bits per heavy atom. The quantitative estimate of drug-likeness (QED) is 0.765. The molecular formula is C18H21BrF3N3O2. The molecule has 1 aromatic carbocycles. The second-order valence-corrected chi connectivity index (χ2v) is 7.74. The number of hydrogen-bond acceptors (Lipinski definition) is 4. The van der Waals surface area contributed by atoms with Gasteiger partial charge in [0, 0.05) is 19.4 Å². The first-order valence-corrected chi connectivity index (χ1v) is 9.60. The molecule has 2 atom stereocenters. The summed E-state index contributed by atoms with van der Waals surface area (Å²) in [5, 5.41) is 6.55. The molecule has 0 aromatic heterocycles. The van der Waals surface area contributed by atoms with Crippen molar-refractivity contribution in [2.45, 2.75) is 37.6 Å². The summed E-state index contributed by atoms with van der Waals surface area (Å²) in [4.78, 5) is 19.9. The van der Waals surface area contributed by atoms with Gasteiger partial charge in [-0.3, -0.25) is 9.69 Å². The number of alkyl halides is 3. The van der Waals surface area contributed by atoms with E-state index in [0.717, 1.165) is 36.0 Å². The Bertz CT molecular complexity index is 701. The number of oxime groups is 1. The van der Waals surface area contributed by atoms with Crippen LogP contribution in [-0.4, -0.2) is 41.7 Å². The third-order valence-electron chi connectivity index (χ3n) is 5.17. The Balaban J connectivity index is 1.70. The zero-order valence-corrected chi connectivity index (χ0v) is 16.4. The fourth-order valence-corrected chi connectivity index (χ4v) is 4.09. The number of hydrogen-bond donors (Lipinski definition) is 1. The highest BCUT2D eigenvalue weighted by atomic mass is 79.9. The van der Waals surface area contributed by atoms with Crippen LogP contribution in [0.1, 0.15) is 36.4 Å². The molecule has 2 aliphatic rings. The first-order chi connectivity index (χ1) is 12.8. The number of piperidine rings is 1. The monoisotopic (exact) mass is 447 g/mol. The van der Waals surface area contributed by atoms with E-state index in [1.807, 2.05) is 4.90 Å². The third kappa shape index (κ3) is 4.63. The van der Waals surface area contributed by atoms with Gasteiger partial charge in [0.2, 0.25) is 5.91 Å². The van der Waals surface area contributed by atoms with E-state index in [0.29, 0.717) is 24.6 Å². The zero-order chi connectivity index (χ0) is 19.6. The highest BCUT2D eigenvalue weighted by Crippen LogP contribution is 2.34. The molecule has 3 rings (SSSR count). The number of nitrogens with zero attached hydrogens (tertiary/aromatic N) is 2. The summed E-state index contributed by atoms with van der Waals surface area (Å²) in [6, 6.07) is 4.23. The van der Waals surface area contributed by atoms with Gasteiger partial charge in [-0.15, -0.1) is 0 Å². The Labute approximate surface area is 164 Å². The van der Waals surface area contributed by atoms with Crippen LogP contribution in [0.4, 0.5) is 13.2 Å². The second-order valence-electron chi connectivity index (χ2n) is 6.83. The molecule has 2 heterocycles. The van der Waals surface area contributed by atoms with Crippen molar-refractivity contribution in [3.8, 4) is 0 Å². The van der Waals surface area contributed by atoms with E-state index in [2.05, 4.69) is 26.4 Å². The van der Waals surface area contributed by atoms with Gasteiger partial charge in [-0.1, -0.05) is 17.3 Å². The van der Waals surface area contributed by atoms with Gasteiger partial charge in [-0.2, -0.15) is 13.2 Å². The van der Waals surface area contributed by atoms with Gasteiger partial charge in [0.05, 0.1) is 5.56 Å². The number of likely N-dealkylation sites (tertiary alicyclic amines) is 1. The molecule has 5 nitrogen and oxygen atoms in total.